The maximum absolute atomic E-state index is 11.5. The van der Waals surface area contributed by atoms with E-state index in [4.69, 9.17) is 4.74 Å². The van der Waals surface area contributed by atoms with Crippen LogP contribution < -0.4 is 10.2 Å². The highest BCUT2D eigenvalue weighted by Gasteiger charge is 2.00. The number of hydrogen-bond acceptors (Lipinski definition) is 3. The van der Waals surface area contributed by atoms with Crippen LogP contribution in [-0.4, -0.2) is 23.7 Å². The molecular weight excluding hydrogens is 242 g/mol. The predicted octanol–water partition coefficient (Wildman–Crippen LogP) is 1.85. The molecule has 0 aliphatic rings. The van der Waals surface area contributed by atoms with Crippen molar-refractivity contribution in [3.8, 4) is 5.75 Å². The summed E-state index contributed by atoms with van der Waals surface area (Å²) in [5.41, 5.74) is 4.35. The van der Waals surface area contributed by atoms with Gasteiger partial charge in [-0.2, -0.15) is 5.10 Å². The second kappa shape index (κ2) is 6.39. The first-order valence-electron chi connectivity index (χ1n) is 5.89. The van der Waals surface area contributed by atoms with Crippen molar-refractivity contribution in [1.82, 2.24) is 10.4 Å². The molecular formula is C14H15N3O2. The zero-order valence-corrected chi connectivity index (χ0v) is 10.6. The second-order valence-electron chi connectivity index (χ2n) is 4.02. The van der Waals surface area contributed by atoms with E-state index in [-0.39, 0.29) is 12.5 Å². The van der Waals surface area contributed by atoms with Crippen LogP contribution in [0.1, 0.15) is 11.3 Å². The van der Waals surface area contributed by atoms with Gasteiger partial charge >= 0.3 is 0 Å². The van der Waals surface area contributed by atoms with Gasteiger partial charge in [-0.05, 0) is 31.2 Å². The number of hydrogen-bond donors (Lipinski definition) is 2. The molecule has 98 valence electrons. The molecule has 0 aliphatic carbocycles. The molecule has 1 heterocycles. The lowest BCUT2D eigenvalue weighted by atomic mass is 10.2. The number of ether oxygens (including phenoxy) is 1. The minimum Gasteiger partial charge on any atom is -0.484 e. The smallest absolute Gasteiger partial charge is 0.277 e. The van der Waals surface area contributed by atoms with Crippen LogP contribution in [0.25, 0.3) is 0 Å². The van der Waals surface area contributed by atoms with Crippen LogP contribution in [0.2, 0.25) is 0 Å². The summed E-state index contributed by atoms with van der Waals surface area (Å²) in [6, 6.07) is 11.2. The van der Waals surface area contributed by atoms with Crippen LogP contribution in [0.5, 0.6) is 5.75 Å². The molecule has 0 spiro atoms. The van der Waals surface area contributed by atoms with E-state index in [1.54, 1.807) is 6.20 Å². The fraction of sp³-hybridized carbons (Fsp3) is 0.143. The fourth-order valence-electron chi connectivity index (χ4n) is 1.41. The van der Waals surface area contributed by atoms with Crippen molar-refractivity contribution in [2.45, 2.75) is 6.92 Å². The van der Waals surface area contributed by atoms with Gasteiger partial charge in [0.1, 0.15) is 5.75 Å². The molecule has 0 atom stereocenters. The van der Waals surface area contributed by atoms with Gasteiger partial charge in [-0.25, -0.2) is 5.43 Å². The van der Waals surface area contributed by atoms with Crippen molar-refractivity contribution >= 4 is 12.1 Å². The highest BCUT2D eigenvalue weighted by molar-refractivity contribution is 5.81. The molecule has 0 unspecified atom stereocenters. The van der Waals surface area contributed by atoms with Crippen molar-refractivity contribution < 1.29 is 9.53 Å². The number of nitrogens with one attached hydrogen (secondary N) is 2. The Morgan fingerprint density at radius 2 is 2.16 bits per heavy atom. The average Bonchev–Trinajstić information content (AvgIpc) is 2.91. The van der Waals surface area contributed by atoms with Crippen LogP contribution in [0.3, 0.4) is 0 Å². The Hall–Kier alpha value is -2.56. The third-order valence-corrected chi connectivity index (χ3v) is 2.41. The summed E-state index contributed by atoms with van der Waals surface area (Å²) in [5.74, 6) is 0.359. The van der Waals surface area contributed by atoms with Crippen molar-refractivity contribution in [3.05, 3.63) is 53.9 Å². The number of hydrazone groups is 1. The summed E-state index contributed by atoms with van der Waals surface area (Å²) in [6.07, 6.45) is 3.31. The average molecular weight is 257 g/mol. The second-order valence-corrected chi connectivity index (χ2v) is 4.02. The zero-order valence-electron chi connectivity index (χ0n) is 10.6. The van der Waals surface area contributed by atoms with Gasteiger partial charge in [0.25, 0.3) is 5.91 Å². The van der Waals surface area contributed by atoms with Crippen LogP contribution in [0, 0.1) is 6.92 Å². The fourth-order valence-corrected chi connectivity index (χ4v) is 1.41. The van der Waals surface area contributed by atoms with Crippen molar-refractivity contribution in [2.75, 3.05) is 6.61 Å². The molecule has 2 rings (SSSR count). The number of rotatable bonds is 5. The van der Waals surface area contributed by atoms with Gasteiger partial charge in [0.05, 0.1) is 11.9 Å². The Bertz CT molecular complexity index is 545. The molecule has 0 radical (unpaired) electrons. The quantitative estimate of drug-likeness (QED) is 0.634. The first-order chi connectivity index (χ1) is 9.24. The molecule has 0 fully saturated rings. The summed E-state index contributed by atoms with van der Waals surface area (Å²) >= 11 is 0. The Morgan fingerprint density at radius 1 is 1.37 bits per heavy atom. The zero-order chi connectivity index (χ0) is 13.5. The first kappa shape index (κ1) is 12.9. The third-order valence-electron chi connectivity index (χ3n) is 2.41. The lowest BCUT2D eigenvalue weighted by Gasteiger charge is -2.04. The van der Waals surface area contributed by atoms with E-state index in [2.05, 4.69) is 15.5 Å². The Kier molecular flexibility index (Phi) is 4.34. The molecule has 0 saturated carbocycles. The third kappa shape index (κ3) is 4.31. The van der Waals surface area contributed by atoms with Gasteiger partial charge < -0.3 is 9.72 Å². The SMILES string of the molecule is Cc1ccc(OCC(=O)N/N=C\c2ccc[nH]2)cc1. The van der Waals surface area contributed by atoms with E-state index in [9.17, 15) is 4.79 Å². The number of carbonyl (C=O) groups excluding carboxylic acids is 1. The highest BCUT2D eigenvalue weighted by Crippen LogP contribution is 2.10. The standard InChI is InChI=1S/C14H15N3O2/c1-11-4-6-13(7-5-11)19-10-14(18)17-16-9-12-3-2-8-15-12/h2-9,15H,10H2,1H3,(H,17,18)/b16-9-. The number of aryl methyl sites for hydroxylation is 1. The van der Waals surface area contributed by atoms with Crippen LogP contribution in [-0.2, 0) is 4.79 Å². The van der Waals surface area contributed by atoms with E-state index < -0.39 is 0 Å². The van der Waals surface area contributed by atoms with Crippen molar-refractivity contribution in [1.29, 1.82) is 0 Å². The van der Waals surface area contributed by atoms with Gasteiger partial charge in [0.15, 0.2) is 6.61 Å². The molecule has 5 nitrogen and oxygen atoms in total. The summed E-state index contributed by atoms with van der Waals surface area (Å²) in [6.45, 7) is 1.93. The van der Waals surface area contributed by atoms with Gasteiger partial charge in [-0.3, -0.25) is 4.79 Å². The van der Waals surface area contributed by atoms with Crippen molar-refractivity contribution in [3.63, 3.8) is 0 Å². The Labute approximate surface area is 111 Å². The lowest BCUT2D eigenvalue weighted by molar-refractivity contribution is -0.123. The minimum absolute atomic E-state index is 0.0644. The largest absolute Gasteiger partial charge is 0.484 e. The van der Waals surface area contributed by atoms with Crippen molar-refractivity contribution in [2.24, 2.45) is 5.10 Å². The molecule has 1 aromatic heterocycles. The molecule has 1 amide bonds. The summed E-state index contributed by atoms with van der Waals surface area (Å²) in [4.78, 5) is 14.4. The van der Waals surface area contributed by atoms with E-state index in [0.717, 1.165) is 11.3 Å². The number of H-pyrrole nitrogens is 1. The molecule has 19 heavy (non-hydrogen) atoms. The van der Waals surface area contributed by atoms with Gasteiger partial charge in [0, 0.05) is 6.20 Å². The minimum atomic E-state index is -0.302. The number of aromatic nitrogens is 1. The van der Waals surface area contributed by atoms with Gasteiger partial charge in [-0.1, -0.05) is 17.7 Å². The van der Waals surface area contributed by atoms with Crippen LogP contribution >= 0.6 is 0 Å². The predicted molar refractivity (Wildman–Crippen MR) is 73.2 cm³/mol. The van der Waals surface area contributed by atoms with Gasteiger partial charge in [0.2, 0.25) is 0 Å². The van der Waals surface area contributed by atoms with E-state index >= 15 is 0 Å². The summed E-state index contributed by atoms with van der Waals surface area (Å²) < 4.78 is 5.32. The maximum atomic E-state index is 11.5. The van der Waals surface area contributed by atoms with Gasteiger partial charge in [-0.15, -0.1) is 0 Å². The first-order valence-corrected chi connectivity index (χ1v) is 5.89. The summed E-state index contributed by atoms with van der Waals surface area (Å²) in [5, 5.41) is 3.80. The molecule has 0 bridgehead atoms. The monoisotopic (exact) mass is 257 g/mol. The number of nitrogens with zero attached hydrogens (tertiary/aromatic N) is 1. The van der Waals surface area contributed by atoms with E-state index in [1.165, 1.54) is 6.21 Å². The maximum Gasteiger partial charge on any atom is 0.277 e. The van der Waals surface area contributed by atoms with E-state index in [0.29, 0.717) is 5.75 Å². The Morgan fingerprint density at radius 3 is 2.84 bits per heavy atom. The molecule has 1 aromatic carbocycles. The normalized spacial score (nSPS) is 10.6. The summed E-state index contributed by atoms with van der Waals surface area (Å²) in [7, 11) is 0. The molecule has 2 N–H and O–H groups in total. The molecule has 2 aromatic rings. The lowest BCUT2D eigenvalue weighted by Crippen LogP contribution is -2.24. The topological polar surface area (TPSA) is 66.5 Å². The van der Waals surface area contributed by atoms with Crippen LogP contribution in [0.15, 0.2) is 47.7 Å². The number of benzene rings is 1. The molecule has 0 saturated heterocycles. The number of amides is 1. The highest BCUT2D eigenvalue weighted by atomic mass is 16.5. The van der Waals surface area contributed by atoms with E-state index in [1.807, 2.05) is 43.3 Å². The molecule has 0 aliphatic heterocycles. The van der Waals surface area contributed by atoms with Crippen LogP contribution in [0.4, 0.5) is 0 Å². The Balaban J connectivity index is 1.74. The number of aromatic amines is 1. The number of carbonyl (C=O) groups is 1. The molecule has 5 heteroatoms.